The summed E-state index contributed by atoms with van der Waals surface area (Å²) < 4.78 is 6.56. The Balaban J connectivity index is 1.29. The van der Waals surface area contributed by atoms with Crippen molar-refractivity contribution in [2.24, 2.45) is 0 Å². The van der Waals surface area contributed by atoms with Crippen LogP contribution in [-0.4, -0.2) is 39.2 Å². The molecular formula is C19H17N5O2S2. The number of hydrogen-bond acceptors (Lipinski definition) is 8. The highest BCUT2D eigenvalue weighted by atomic mass is 32.1. The predicted molar refractivity (Wildman–Crippen MR) is 110 cm³/mol. The van der Waals surface area contributed by atoms with Crippen molar-refractivity contribution in [1.82, 2.24) is 25.5 Å². The first-order valence-electron chi connectivity index (χ1n) is 8.62. The van der Waals surface area contributed by atoms with E-state index < -0.39 is 0 Å². The Morgan fingerprint density at radius 1 is 1.18 bits per heavy atom. The number of nitrogens with zero attached hydrogens (tertiary/aromatic N) is 4. The number of hydrogen-bond donors (Lipinski definition) is 1. The minimum atomic E-state index is -0.142. The molecule has 28 heavy (non-hydrogen) atoms. The molecule has 3 aromatic heterocycles. The quantitative estimate of drug-likeness (QED) is 0.487. The van der Waals surface area contributed by atoms with Crippen molar-refractivity contribution < 1.29 is 9.53 Å². The summed E-state index contributed by atoms with van der Waals surface area (Å²) in [6.07, 6.45) is 0. The highest BCUT2D eigenvalue weighted by Gasteiger charge is 2.10. The summed E-state index contributed by atoms with van der Waals surface area (Å²) in [5, 5.41) is 12.1. The third kappa shape index (κ3) is 4.00. The van der Waals surface area contributed by atoms with Crippen LogP contribution in [0.1, 0.15) is 21.1 Å². The lowest BCUT2D eigenvalue weighted by Crippen LogP contribution is -2.28. The summed E-state index contributed by atoms with van der Waals surface area (Å²) in [6, 6.07) is 9.10. The highest BCUT2D eigenvalue weighted by molar-refractivity contribution is 7.16. The van der Waals surface area contributed by atoms with E-state index in [1.807, 2.05) is 32.0 Å². The fourth-order valence-corrected chi connectivity index (χ4v) is 4.31. The summed E-state index contributed by atoms with van der Waals surface area (Å²) in [4.78, 5) is 21.9. The largest absolute Gasteiger partial charge is 0.475 e. The molecule has 4 aromatic rings. The zero-order valence-electron chi connectivity index (χ0n) is 15.3. The van der Waals surface area contributed by atoms with Crippen LogP contribution in [0.25, 0.3) is 20.8 Å². The fourth-order valence-electron chi connectivity index (χ4n) is 2.71. The van der Waals surface area contributed by atoms with E-state index in [4.69, 9.17) is 4.74 Å². The molecule has 0 saturated carbocycles. The second-order valence-corrected chi connectivity index (χ2v) is 8.13. The molecule has 0 radical (unpaired) electrons. The molecule has 1 amide bonds. The van der Waals surface area contributed by atoms with Crippen LogP contribution < -0.4 is 10.1 Å². The lowest BCUT2D eigenvalue weighted by Gasteiger charge is -2.07. The molecule has 0 spiro atoms. The van der Waals surface area contributed by atoms with Crippen LogP contribution in [0, 0.1) is 13.8 Å². The molecule has 142 valence electrons. The molecular weight excluding hydrogens is 394 g/mol. The molecule has 9 heteroatoms. The Morgan fingerprint density at radius 3 is 2.82 bits per heavy atom. The van der Waals surface area contributed by atoms with Crippen LogP contribution in [0.15, 0.2) is 35.8 Å². The van der Waals surface area contributed by atoms with Crippen molar-refractivity contribution in [3.63, 3.8) is 0 Å². The van der Waals surface area contributed by atoms with E-state index >= 15 is 0 Å². The minimum absolute atomic E-state index is 0.142. The van der Waals surface area contributed by atoms with Gasteiger partial charge in [-0.2, -0.15) is 0 Å². The highest BCUT2D eigenvalue weighted by Crippen LogP contribution is 2.28. The lowest BCUT2D eigenvalue weighted by molar-refractivity contribution is 0.0946. The zero-order chi connectivity index (χ0) is 19.5. The number of carbonyl (C=O) groups excluding carboxylic acids is 1. The smallest absolute Gasteiger partial charge is 0.251 e. The van der Waals surface area contributed by atoms with Crippen molar-refractivity contribution in [2.75, 3.05) is 13.2 Å². The molecule has 0 bridgehead atoms. The van der Waals surface area contributed by atoms with E-state index in [0.717, 1.165) is 31.5 Å². The number of rotatable bonds is 6. The molecule has 0 aliphatic heterocycles. The molecule has 1 N–H and O–H groups in total. The van der Waals surface area contributed by atoms with Crippen LogP contribution in [0.4, 0.5) is 0 Å². The van der Waals surface area contributed by atoms with E-state index in [1.54, 1.807) is 29.0 Å². The summed E-state index contributed by atoms with van der Waals surface area (Å²) >= 11 is 3.10. The predicted octanol–water partition coefficient (Wildman–Crippen LogP) is 3.64. The van der Waals surface area contributed by atoms with Crippen molar-refractivity contribution in [3.05, 3.63) is 52.1 Å². The Bertz CT molecular complexity index is 1120. The van der Waals surface area contributed by atoms with Crippen LogP contribution in [0.2, 0.25) is 0 Å². The van der Waals surface area contributed by atoms with E-state index in [0.29, 0.717) is 24.6 Å². The van der Waals surface area contributed by atoms with Gasteiger partial charge in [-0.3, -0.25) is 4.79 Å². The van der Waals surface area contributed by atoms with E-state index in [-0.39, 0.29) is 5.91 Å². The third-order valence-electron chi connectivity index (χ3n) is 4.01. The van der Waals surface area contributed by atoms with Gasteiger partial charge in [0, 0.05) is 11.6 Å². The SMILES string of the molecule is Cc1nc(C)c(-c2ccc(OCCNC(=O)c3ccc4ncsc4c3)nn2)s1. The van der Waals surface area contributed by atoms with Gasteiger partial charge in [0.15, 0.2) is 0 Å². The molecule has 0 aliphatic carbocycles. The number of amides is 1. The van der Waals surface area contributed by atoms with E-state index in [1.165, 1.54) is 11.3 Å². The van der Waals surface area contributed by atoms with E-state index in [9.17, 15) is 4.79 Å². The minimum Gasteiger partial charge on any atom is -0.475 e. The van der Waals surface area contributed by atoms with Gasteiger partial charge < -0.3 is 10.1 Å². The summed E-state index contributed by atoms with van der Waals surface area (Å²) in [5.41, 5.74) is 5.00. The Labute approximate surface area is 169 Å². The summed E-state index contributed by atoms with van der Waals surface area (Å²) in [5.74, 6) is 0.277. The summed E-state index contributed by atoms with van der Waals surface area (Å²) in [7, 11) is 0. The van der Waals surface area contributed by atoms with Gasteiger partial charge in [0.1, 0.15) is 12.3 Å². The number of aryl methyl sites for hydroxylation is 2. The topological polar surface area (TPSA) is 89.9 Å². The molecule has 0 aliphatic rings. The molecule has 7 nitrogen and oxygen atoms in total. The number of ether oxygens (including phenoxy) is 1. The maximum Gasteiger partial charge on any atom is 0.251 e. The van der Waals surface area contributed by atoms with Crippen LogP contribution in [0.5, 0.6) is 5.88 Å². The van der Waals surface area contributed by atoms with Crippen molar-refractivity contribution in [3.8, 4) is 16.5 Å². The van der Waals surface area contributed by atoms with Gasteiger partial charge in [0.05, 0.1) is 37.9 Å². The monoisotopic (exact) mass is 411 g/mol. The van der Waals surface area contributed by atoms with Gasteiger partial charge in [0.25, 0.3) is 5.91 Å². The lowest BCUT2D eigenvalue weighted by atomic mass is 10.2. The number of carbonyl (C=O) groups is 1. The number of fused-ring (bicyclic) bond motifs is 1. The standard InChI is InChI=1S/C19H17N5O2S2/c1-11-18(28-12(2)22-11)15-5-6-17(24-23-15)26-8-7-20-19(25)13-3-4-14-16(9-13)27-10-21-14/h3-6,9-10H,7-8H2,1-2H3,(H,20,25). The molecule has 0 atom stereocenters. The molecule has 4 rings (SSSR count). The van der Waals surface area contributed by atoms with Crippen LogP contribution in [-0.2, 0) is 0 Å². The van der Waals surface area contributed by atoms with Crippen LogP contribution >= 0.6 is 22.7 Å². The zero-order valence-corrected chi connectivity index (χ0v) is 16.9. The first kappa shape index (κ1) is 18.5. The van der Waals surface area contributed by atoms with Gasteiger partial charge in [-0.05, 0) is 38.1 Å². The Kier molecular flexibility index (Phi) is 5.27. The molecule has 0 fully saturated rings. The fraction of sp³-hybridized carbons (Fsp3) is 0.211. The van der Waals surface area contributed by atoms with Gasteiger partial charge in [-0.15, -0.1) is 32.9 Å². The number of thiazole rings is 2. The van der Waals surface area contributed by atoms with Crippen molar-refractivity contribution in [1.29, 1.82) is 0 Å². The van der Waals surface area contributed by atoms with Gasteiger partial charge >= 0.3 is 0 Å². The van der Waals surface area contributed by atoms with Crippen molar-refractivity contribution in [2.45, 2.75) is 13.8 Å². The summed E-state index contributed by atoms with van der Waals surface area (Å²) in [6.45, 7) is 4.60. The molecule has 0 unspecified atom stereocenters. The second kappa shape index (κ2) is 7.99. The number of nitrogens with one attached hydrogen (secondary N) is 1. The number of benzene rings is 1. The molecule has 0 saturated heterocycles. The Hall–Kier alpha value is -2.91. The third-order valence-corrected chi connectivity index (χ3v) is 5.89. The average Bonchev–Trinajstić information content (AvgIpc) is 3.30. The Morgan fingerprint density at radius 2 is 2.07 bits per heavy atom. The van der Waals surface area contributed by atoms with E-state index in [2.05, 4.69) is 25.5 Å². The first-order chi connectivity index (χ1) is 13.6. The maximum absolute atomic E-state index is 12.2. The maximum atomic E-state index is 12.2. The van der Waals surface area contributed by atoms with Gasteiger partial charge in [-0.25, -0.2) is 9.97 Å². The average molecular weight is 412 g/mol. The molecule has 3 heterocycles. The normalized spacial score (nSPS) is 10.9. The number of aromatic nitrogens is 4. The first-order valence-corrected chi connectivity index (χ1v) is 10.3. The van der Waals surface area contributed by atoms with Gasteiger partial charge in [0.2, 0.25) is 5.88 Å². The van der Waals surface area contributed by atoms with Crippen LogP contribution in [0.3, 0.4) is 0 Å². The second-order valence-electron chi connectivity index (χ2n) is 6.04. The van der Waals surface area contributed by atoms with Crippen molar-refractivity contribution >= 4 is 38.8 Å². The molecule has 1 aromatic carbocycles. The van der Waals surface area contributed by atoms with Gasteiger partial charge in [-0.1, -0.05) is 0 Å².